The number of carboxylic acid groups (broad SMARTS) is 1. The van der Waals surface area contributed by atoms with E-state index in [4.69, 9.17) is 5.11 Å². The molecule has 0 saturated carbocycles. The number of hydrogen-bond acceptors (Lipinski definition) is 4. The summed E-state index contributed by atoms with van der Waals surface area (Å²) in [6, 6.07) is 8.46. The Kier molecular flexibility index (Phi) is 5.26. The van der Waals surface area contributed by atoms with Gasteiger partial charge in [0.2, 0.25) is 5.91 Å². The quantitative estimate of drug-likeness (QED) is 0.820. The monoisotopic (exact) mass is 299 g/mol. The van der Waals surface area contributed by atoms with Crippen molar-refractivity contribution in [2.24, 2.45) is 5.92 Å². The van der Waals surface area contributed by atoms with E-state index in [2.05, 4.69) is 5.32 Å². The topological polar surface area (TPSA) is 101 Å². The van der Waals surface area contributed by atoms with E-state index in [1.165, 1.54) is 13.8 Å². The zero-order valence-electron chi connectivity index (χ0n) is 11.2. The predicted octanol–water partition coefficient (Wildman–Crippen LogP) is 1.15. The van der Waals surface area contributed by atoms with Crippen LogP contribution in [0.5, 0.6) is 0 Å². The molecule has 110 valence electrons. The van der Waals surface area contributed by atoms with E-state index >= 15 is 0 Å². The van der Waals surface area contributed by atoms with Crippen LogP contribution in [0.2, 0.25) is 0 Å². The van der Waals surface area contributed by atoms with Gasteiger partial charge in [0.15, 0.2) is 9.84 Å². The molecule has 1 aromatic carbocycles. The fourth-order valence-corrected chi connectivity index (χ4v) is 3.01. The number of anilines is 1. The first kappa shape index (κ1) is 16.2. The fraction of sp³-hybridized carbons (Fsp3) is 0.385. The molecule has 0 aliphatic heterocycles. The lowest BCUT2D eigenvalue weighted by molar-refractivity contribution is -0.140. The number of carboxylic acids is 1. The summed E-state index contributed by atoms with van der Waals surface area (Å²) in [4.78, 5) is 22.6. The maximum atomic E-state index is 12.0. The molecule has 1 rings (SSSR count). The normalized spacial score (nSPS) is 14.3. The number of hydrogen-bond donors (Lipinski definition) is 2. The molecule has 6 nitrogen and oxygen atoms in total. The zero-order valence-corrected chi connectivity index (χ0v) is 12.1. The molecule has 2 unspecified atom stereocenters. The summed E-state index contributed by atoms with van der Waals surface area (Å²) in [6.07, 6.45) is 0. The predicted molar refractivity (Wildman–Crippen MR) is 75.1 cm³/mol. The van der Waals surface area contributed by atoms with E-state index in [0.29, 0.717) is 5.69 Å². The zero-order chi connectivity index (χ0) is 15.3. The number of aliphatic carboxylic acids is 1. The van der Waals surface area contributed by atoms with E-state index in [-0.39, 0.29) is 0 Å². The van der Waals surface area contributed by atoms with Crippen LogP contribution >= 0.6 is 0 Å². The van der Waals surface area contributed by atoms with Gasteiger partial charge in [-0.05, 0) is 19.1 Å². The van der Waals surface area contributed by atoms with Gasteiger partial charge >= 0.3 is 5.97 Å². The maximum Gasteiger partial charge on any atom is 0.307 e. The molecule has 1 aromatic rings. The first-order valence-electron chi connectivity index (χ1n) is 6.04. The van der Waals surface area contributed by atoms with Crippen molar-refractivity contribution in [3.8, 4) is 0 Å². The summed E-state index contributed by atoms with van der Waals surface area (Å²) in [5.41, 5.74) is 0.492. The number of sulfone groups is 1. The first-order valence-corrected chi connectivity index (χ1v) is 7.76. The molecule has 0 radical (unpaired) electrons. The van der Waals surface area contributed by atoms with Gasteiger partial charge in [0.25, 0.3) is 0 Å². The Bertz CT molecular complexity index is 582. The molecule has 0 aliphatic carbocycles. The van der Waals surface area contributed by atoms with Crippen molar-refractivity contribution in [1.29, 1.82) is 0 Å². The number of nitrogens with one attached hydrogen (secondary N) is 1. The number of carbonyl (C=O) groups is 2. The highest BCUT2D eigenvalue weighted by atomic mass is 32.2. The third kappa shape index (κ3) is 4.34. The highest BCUT2D eigenvalue weighted by molar-refractivity contribution is 7.92. The average molecular weight is 299 g/mol. The van der Waals surface area contributed by atoms with E-state index in [9.17, 15) is 18.0 Å². The van der Waals surface area contributed by atoms with E-state index in [0.717, 1.165) is 0 Å². The molecule has 2 N–H and O–H groups in total. The Balaban J connectivity index is 2.75. The van der Waals surface area contributed by atoms with Crippen molar-refractivity contribution in [2.75, 3.05) is 11.1 Å². The van der Waals surface area contributed by atoms with Crippen LogP contribution in [0, 0.1) is 5.92 Å². The van der Waals surface area contributed by atoms with Crippen LogP contribution in [0.15, 0.2) is 30.3 Å². The molecule has 0 aliphatic rings. The van der Waals surface area contributed by atoms with E-state index in [1.54, 1.807) is 30.3 Å². The van der Waals surface area contributed by atoms with Crippen LogP contribution in [0.4, 0.5) is 5.69 Å². The van der Waals surface area contributed by atoms with Gasteiger partial charge in [-0.15, -0.1) is 0 Å². The molecular formula is C13H17NO5S. The van der Waals surface area contributed by atoms with Crippen molar-refractivity contribution in [3.63, 3.8) is 0 Å². The van der Waals surface area contributed by atoms with Gasteiger partial charge in [0, 0.05) is 5.69 Å². The van der Waals surface area contributed by atoms with Crippen molar-refractivity contribution < 1.29 is 23.1 Å². The summed E-state index contributed by atoms with van der Waals surface area (Å²) >= 11 is 0. The fourth-order valence-electron chi connectivity index (χ4n) is 1.49. The van der Waals surface area contributed by atoms with Gasteiger partial charge in [0.05, 0.1) is 11.7 Å². The minimum Gasteiger partial charge on any atom is -0.481 e. The Labute approximate surface area is 117 Å². The van der Waals surface area contributed by atoms with Crippen LogP contribution in [0.1, 0.15) is 13.8 Å². The average Bonchev–Trinajstić information content (AvgIpc) is 2.38. The highest BCUT2D eigenvalue weighted by Crippen LogP contribution is 2.12. The van der Waals surface area contributed by atoms with Crippen LogP contribution in [0.3, 0.4) is 0 Å². The van der Waals surface area contributed by atoms with E-state index < -0.39 is 38.6 Å². The molecule has 0 heterocycles. The second-order valence-corrected chi connectivity index (χ2v) is 6.93. The van der Waals surface area contributed by atoms with Crippen LogP contribution in [0.25, 0.3) is 0 Å². The van der Waals surface area contributed by atoms with Crippen molar-refractivity contribution in [3.05, 3.63) is 30.3 Å². The molecule has 2 atom stereocenters. The number of rotatable bonds is 6. The van der Waals surface area contributed by atoms with Gasteiger partial charge < -0.3 is 10.4 Å². The van der Waals surface area contributed by atoms with Gasteiger partial charge in [0.1, 0.15) is 5.25 Å². The Morgan fingerprint density at radius 3 is 2.25 bits per heavy atom. The van der Waals surface area contributed by atoms with E-state index in [1.807, 2.05) is 0 Å². The van der Waals surface area contributed by atoms with Crippen LogP contribution in [-0.4, -0.2) is 36.4 Å². The molecule has 1 amide bonds. The third-order valence-electron chi connectivity index (χ3n) is 2.85. The lowest BCUT2D eigenvalue weighted by atomic mass is 10.2. The molecule has 0 fully saturated rings. The molecular weight excluding hydrogens is 282 g/mol. The number of benzene rings is 1. The Morgan fingerprint density at radius 2 is 1.75 bits per heavy atom. The molecule has 20 heavy (non-hydrogen) atoms. The SMILES string of the molecule is CC(CS(=O)(=O)C(C)C(=O)Nc1ccccc1)C(=O)O. The standard InChI is InChI=1S/C13H17NO5S/c1-9(13(16)17)8-20(18,19)10(2)12(15)14-11-6-4-3-5-7-11/h3-7,9-10H,8H2,1-2H3,(H,14,15)(H,16,17). The summed E-state index contributed by atoms with van der Waals surface area (Å²) in [6.45, 7) is 2.55. The maximum absolute atomic E-state index is 12.0. The second kappa shape index (κ2) is 6.51. The number of amides is 1. The Morgan fingerprint density at radius 1 is 1.20 bits per heavy atom. The lowest BCUT2D eigenvalue weighted by Gasteiger charge is -2.14. The highest BCUT2D eigenvalue weighted by Gasteiger charge is 2.31. The Hall–Kier alpha value is -1.89. The van der Waals surface area contributed by atoms with Gasteiger partial charge in [-0.25, -0.2) is 8.42 Å². The van der Waals surface area contributed by atoms with Crippen molar-refractivity contribution >= 4 is 27.4 Å². The summed E-state index contributed by atoms with van der Waals surface area (Å²) in [5, 5.41) is 9.92. The van der Waals surface area contributed by atoms with Gasteiger partial charge in [-0.3, -0.25) is 9.59 Å². The number of para-hydroxylation sites is 1. The first-order chi connectivity index (χ1) is 9.24. The lowest BCUT2D eigenvalue weighted by Crippen LogP contribution is -2.36. The summed E-state index contributed by atoms with van der Waals surface area (Å²) in [5.74, 6) is -3.49. The largest absolute Gasteiger partial charge is 0.481 e. The summed E-state index contributed by atoms with van der Waals surface area (Å²) in [7, 11) is -3.82. The van der Waals surface area contributed by atoms with Crippen LogP contribution < -0.4 is 5.32 Å². The minimum absolute atomic E-state index is 0.492. The molecule has 0 aromatic heterocycles. The van der Waals surface area contributed by atoms with Crippen molar-refractivity contribution in [1.82, 2.24) is 0 Å². The molecule has 0 saturated heterocycles. The molecule has 7 heteroatoms. The van der Waals surface area contributed by atoms with Gasteiger partial charge in [-0.2, -0.15) is 0 Å². The minimum atomic E-state index is -3.82. The molecule has 0 bridgehead atoms. The van der Waals surface area contributed by atoms with Crippen molar-refractivity contribution in [2.45, 2.75) is 19.1 Å². The van der Waals surface area contributed by atoms with Gasteiger partial charge in [-0.1, -0.05) is 25.1 Å². The number of carbonyl (C=O) groups excluding carboxylic acids is 1. The smallest absolute Gasteiger partial charge is 0.307 e. The molecule has 0 spiro atoms. The van der Waals surface area contributed by atoms with Crippen LogP contribution in [-0.2, 0) is 19.4 Å². The second-order valence-electron chi connectivity index (χ2n) is 4.57. The third-order valence-corrected chi connectivity index (χ3v) is 5.11. The summed E-state index contributed by atoms with van der Waals surface area (Å²) < 4.78 is 23.9.